The van der Waals surface area contributed by atoms with Crippen LogP contribution in [0, 0.1) is 0 Å². The SMILES string of the molecule is CCOc1ccc(NS(=O)(=O)N2CCCCC2CN)cc1. The van der Waals surface area contributed by atoms with Gasteiger partial charge in [-0.3, -0.25) is 4.72 Å². The average Bonchev–Trinajstić information content (AvgIpc) is 2.49. The van der Waals surface area contributed by atoms with E-state index < -0.39 is 10.2 Å². The van der Waals surface area contributed by atoms with Crippen LogP contribution in [0.4, 0.5) is 5.69 Å². The lowest BCUT2D eigenvalue weighted by Crippen LogP contribution is -2.49. The lowest BCUT2D eigenvalue weighted by molar-refractivity contribution is 0.259. The predicted molar refractivity (Wildman–Crippen MR) is 83.6 cm³/mol. The molecule has 0 aromatic heterocycles. The molecule has 0 bridgehead atoms. The molecule has 1 unspecified atom stereocenters. The molecule has 1 aliphatic heterocycles. The Hall–Kier alpha value is -1.31. The summed E-state index contributed by atoms with van der Waals surface area (Å²) in [6.07, 6.45) is 2.72. The van der Waals surface area contributed by atoms with Crippen molar-refractivity contribution in [1.82, 2.24) is 4.31 Å². The van der Waals surface area contributed by atoms with Gasteiger partial charge in [-0.2, -0.15) is 12.7 Å². The lowest BCUT2D eigenvalue weighted by atomic mass is 10.1. The van der Waals surface area contributed by atoms with E-state index in [9.17, 15) is 8.42 Å². The van der Waals surface area contributed by atoms with Gasteiger partial charge < -0.3 is 10.5 Å². The minimum atomic E-state index is -3.56. The summed E-state index contributed by atoms with van der Waals surface area (Å²) < 4.78 is 34.4. The van der Waals surface area contributed by atoms with Crippen LogP contribution in [-0.2, 0) is 10.2 Å². The van der Waals surface area contributed by atoms with Crippen molar-refractivity contribution >= 4 is 15.9 Å². The average molecular weight is 313 g/mol. The highest BCUT2D eigenvalue weighted by Gasteiger charge is 2.31. The number of hydrogen-bond acceptors (Lipinski definition) is 4. The van der Waals surface area contributed by atoms with Gasteiger partial charge in [-0.05, 0) is 44.0 Å². The van der Waals surface area contributed by atoms with E-state index in [1.165, 1.54) is 4.31 Å². The Kier molecular flexibility index (Phi) is 5.44. The van der Waals surface area contributed by atoms with Gasteiger partial charge in [0, 0.05) is 19.1 Å². The first kappa shape index (κ1) is 16.1. The van der Waals surface area contributed by atoms with E-state index in [2.05, 4.69) is 4.72 Å². The Morgan fingerprint density at radius 2 is 2.05 bits per heavy atom. The monoisotopic (exact) mass is 313 g/mol. The normalized spacial score (nSPS) is 20.2. The van der Waals surface area contributed by atoms with Gasteiger partial charge in [-0.25, -0.2) is 0 Å². The Morgan fingerprint density at radius 1 is 1.33 bits per heavy atom. The summed E-state index contributed by atoms with van der Waals surface area (Å²) in [6, 6.07) is 6.78. The fourth-order valence-electron chi connectivity index (χ4n) is 2.52. The largest absolute Gasteiger partial charge is 0.494 e. The van der Waals surface area contributed by atoms with Crippen molar-refractivity contribution in [3.8, 4) is 5.75 Å². The molecule has 3 N–H and O–H groups in total. The van der Waals surface area contributed by atoms with Crippen molar-refractivity contribution in [1.29, 1.82) is 0 Å². The Bertz CT molecular complexity index is 545. The first-order valence-electron chi connectivity index (χ1n) is 7.29. The molecule has 6 nitrogen and oxygen atoms in total. The molecule has 7 heteroatoms. The molecule has 1 atom stereocenters. The molecule has 1 aromatic rings. The van der Waals surface area contributed by atoms with Gasteiger partial charge in [0.25, 0.3) is 0 Å². The third-order valence-corrected chi connectivity index (χ3v) is 5.16. The second-order valence-electron chi connectivity index (χ2n) is 5.06. The number of nitrogens with two attached hydrogens (primary N) is 1. The topological polar surface area (TPSA) is 84.7 Å². The van der Waals surface area contributed by atoms with Crippen LogP contribution in [0.3, 0.4) is 0 Å². The molecule has 21 heavy (non-hydrogen) atoms. The number of piperidine rings is 1. The fraction of sp³-hybridized carbons (Fsp3) is 0.571. The number of rotatable bonds is 6. The summed E-state index contributed by atoms with van der Waals surface area (Å²) in [5, 5.41) is 0. The second kappa shape index (κ2) is 7.11. The molecule has 1 saturated heterocycles. The highest BCUT2D eigenvalue weighted by Crippen LogP contribution is 2.22. The van der Waals surface area contributed by atoms with E-state index in [4.69, 9.17) is 10.5 Å². The van der Waals surface area contributed by atoms with Crippen LogP contribution in [0.1, 0.15) is 26.2 Å². The van der Waals surface area contributed by atoms with Crippen molar-refractivity contribution in [2.75, 3.05) is 24.4 Å². The molecule has 0 aliphatic carbocycles. The maximum atomic E-state index is 12.5. The fourth-order valence-corrected chi connectivity index (χ4v) is 4.02. The maximum Gasteiger partial charge on any atom is 0.301 e. The van der Waals surface area contributed by atoms with E-state index in [0.717, 1.165) is 25.0 Å². The Labute approximate surface area is 126 Å². The van der Waals surface area contributed by atoms with E-state index >= 15 is 0 Å². The molecule has 1 aromatic carbocycles. The molecular formula is C14H23N3O3S. The first-order chi connectivity index (χ1) is 10.1. The number of nitrogens with one attached hydrogen (secondary N) is 1. The number of anilines is 1. The Morgan fingerprint density at radius 3 is 2.67 bits per heavy atom. The van der Waals surface area contributed by atoms with Crippen LogP contribution in [0.25, 0.3) is 0 Å². The van der Waals surface area contributed by atoms with Crippen LogP contribution in [0.5, 0.6) is 5.75 Å². The molecule has 0 amide bonds. The zero-order valence-electron chi connectivity index (χ0n) is 12.3. The molecule has 0 saturated carbocycles. The van der Waals surface area contributed by atoms with Gasteiger partial charge in [-0.15, -0.1) is 0 Å². The second-order valence-corrected chi connectivity index (χ2v) is 6.68. The molecule has 1 heterocycles. The third kappa shape index (κ3) is 4.09. The summed E-state index contributed by atoms with van der Waals surface area (Å²) in [5.41, 5.74) is 6.21. The summed E-state index contributed by atoms with van der Waals surface area (Å²) >= 11 is 0. The number of nitrogens with zero attached hydrogens (tertiary/aromatic N) is 1. The predicted octanol–water partition coefficient (Wildman–Crippen LogP) is 1.56. The van der Waals surface area contributed by atoms with Crippen LogP contribution < -0.4 is 15.2 Å². The molecule has 2 rings (SSSR count). The quantitative estimate of drug-likeness (QED) is 0.834. The van der Waals surface area contributed by atoms with Crippen LogP contribution in [0.2, 0.25) is 0 Å². The molecule has 118 valence electrons. The van der Waals surface area contributed by atoms with Gasteiger partial charge >= 0.3 is 10.2 Å². The number of benzene rings is 1. The third-order valence-electron chi connectivity index (χ3n) is 3.57. The smallest absolute Gasteiger partial charge is 0.301 e. The zero-order valence-corrected chi connectivity index (χ0v) is 13.1. The lowest BCUT2D eigenvalue weighted by Gasteiger charge is -2.33. The zero-order chi connectivity index (χ0) is 15.3. The molecule has 1 fully saturated rings. The van der Waals surface area contributed by atoms with E-state index in [1.54, 1.807) is 24.3 Å². The van der Waals surface area contributed by atoms with Crippen molar-refractivity contribution < 1.29 is 13.2 Å². The molecule has 0 spiro atoms. The van der Waals surface area contributed by atoms with Crippen molar-refractivity contribution in [3.63, 3.8) is 0 Å². The molecular weight excluding hydrogens is 290 g/mol. The molecule has 1 aliphatic rings. The van der Waals surface area contributed by atoms with E-state index in [1.807, 2.05) is 6.92 Å². The minimum absolute atomic E-state index is 0.112. The highest BCUT2D eigenvalue weighted by atomic mass is 32.2. The number of hydrogen-bond donors (Lipinski definition) is 2. The van der Waals surface area contributed by atoms with Crippen LogP contribution in [-0.4, -0.2) is 38.5 Å². The van der Waals surface area contributed by atoms with Crippen LogP contribution >= 0.6 is 0 Å². The van der Waals surface area contributed by atoms with E-state index in [0.29, 0.717) is 25.4 Å². The van der Waals surface area contributed by atoms with Crippen molar-refractivity contribution in [3.05, 3.63) is 24.3 Å². The minimum Gasteiger partial charge on any atom is -0.494 e. The number of ether oxygens (including phenoxy) is 1. The summed E-state index contributed by atoms with van der Waals surface area (Å²) in [5.74, 6) is 0.721. The van der Waals surface area contributed by atoms with Gasteiger partial charge in [0.05, 0.1) is 12.3 Å². The Balaban J connectivity index is 2.09. The summed E-state index contributed by atoms with van der Waals surface area (Å²) in [6.45, 7) is 3.36. The standard InChI is InChI=1S/C14H23N3O3S/c1-2-20-14-8-6-12(7-9-14)16-21(18,19)17-10-4-3-5-13(17)11-15/h6-9,13,16H,2-5,10-11,15H2,1H3. The van der Waals surface area contributed by atoms with Gasteiger partial charge in [-0.1, -0.05) is 6.42 Å². The summed E-state index contributed by atoms with van der Waals surface area (Å²) in [7, 11) is -3.56. The maximum absolute atomic E-state index is 12.5. The van der Waals surface area contributed by atoms with Crippen molar-refractivity contribution in [2.24, 2.45) is 5.73 Å². The highest BCUT2D eigenvalue weighted by molar-refractivity contribution is 7.90. The van der Waals surface area contributed by atoms with Gasteiger partial charge in [0.2, 0.25) is 0 Å². The van der Waals surface area contributed by atoms with Crippen LogP contribution in [0.15, 0.2) is 24.3 Å². The molecule has 0 radical (unpaired) electrons. The van der Waals surface area contributed by atoms with E-state index in [-0.39, 0.29) is 6.04 Å². The summed E-state index contributed by atoms with van der Waals surface area (Å²) in [4.78, 5) is 0. The first-order valence-corrected chi connectivity index (χ1v) is 8.73. The van der Waals surface area contributed by atoms with Crippen molar-refractivity contribution in [2.45, 2.75) is 32.2 Å². The van der Waals surface area contributed by atoms with Gasteiger partial charge in [0.15, 0.2) is 0 Å². The van der Waals surface area contributed by atoms with Gasteiger partial charge in [0.1, 0.15) is 5.75 Å².